The Bertz CT molecular complexity index is 1550. The normalized spacial score (nSPS) is 13.5. The Morgan fingerprint density at radius 1 is 0.925 bits per heavy atom. The van der Waals surface area contributed by atoms with Crippen LogP contribution in [0, 0.1) is 0 Å². The van der Waals surface area contributed by atoms with Gasteiger partial charge in [-0.15, -0.1) is 0 Å². The molecule has 0 aliphatic carbocycles. The molecule has 2 aromatic heterocycles. The van der Waals surface area contributed by atoms with E-state index in [1.165, 1.54) is 16.6 Å². The molecular weight excluding hydrogens is 510 g/mol. The fourth-order valence-electron chi connectivity index (χ4n) is 4.70. The fraction of sp³-hybridized carbons (Fsp3) is 0.258. The number of benzene rings is 2. The quantitative estimate of drug-likeness (QED) is 0.333. The van der Waals surface area contributed by atoms with Crippen molar-refractivity contribution in [3.63, 3.8) is 0 Å². The smallest absolute Gasteiger partial charge is 0.328 e. The molecule has 0 saturated carbocycles. The third-order valence-corrected chi connectivity index (χ3v) is 6.75. The van der Waals surface area contributed by atoms with E-state index in [-0.39, 0.29) is 5.56 Å². The van der Waals surface area contributed by atoms with Gasteiger partial charge in [-0.2, -0.15) is 0 Å². The van der Waals surface area contributed by atoms with Crippen LogP contribution >= 0.6 is 0 Å². The third kappa shape index (κ3) is 7.27. The van der Waals surface area contributed by atoms with Crippen LogP contribution < -0.4 is 10.3 Å². The first-order valence-corrected chi connectivity index (χ1v) is 13.1. The summed E-state index contributed by atoms with van der Waals surface area (Å²) in [6.45, 7) is 8.14. The van der Waals surface area contributed by atoms with Crippen LogP contribution in [0.25, 0.3) is 16.6 Å². The lowest BCUT2D eigenvalue weighted by atomic mass is 10.2. The second-order valence-electron chi connectivity index (χ2n) is 9.76. The molecule has 4 aromatic rings. The first-order valence-electron chi connectivity index (χ1n) is 13.1. The van der Waals surface area contributed by atoms with E-state index >= 15 is 0 Å². The van der Waals surface area contributed by atoms with Crippen LogP contribution in [0.5, 0.6) is 5.75 Å². The largest absolute Gasteiger partial charge is 0.489 e. The summed E-state index contributed by atoms with van der Waals surface area (Å²) in [6.07, 6.45) is 3.96. The summed E-state index contributed by atoms with van der Waals surface area (Å²) in [7, 11) is 0. The molecule has 0 spiro atoms. The van der Waals surface area contributed by atoms with Gasteiger partial charge in [0.15, 0.2) is 0 Å². The van der Waals surface area contributed by atoms with Crippen LogP contribution in [-0.2, 0) is 29.2 Å². The molecule has 2 N–H and O–H groups in total. The van der Waals surface area contributed by atoms with E-state index in [0.717, 1.165) is 37.3 Å². The van der Waals surface area contributed by atoms with Crippen molar-refractivity contribution in [1.82, 2.24) is 14.0 Å². The fourth-order valence-corrected chi connectivity index (χ4v) is 4.70. The van der Waals surface area contributed by atoms with Gasteiger partial charge in [-0.05, 0) is 49.7 Å². The van der Waals surface area contributed by atoms with E-state index in [0.29, 0.717) is 30.6 Å². The van der Waals surface area contributed by atoms with Crippen LogP contribution in [0.4, 0.5) is 0 Å². The molecule has 40 heavy (non-hydrogen) atoms. The second kappa shape index (κ2) is 12.9. The highest BCUT2D eigenvalue weighted by Gasteiger charge is 2.18. The maximum Gasteiger partial charge on any atom is 0.328 e. The number of hydrogen-bond acceptors (Lipinski definition) is 5. The van der Waals surface area contributed by atoms with Crippen molar-refractivity contribution in [2.75, 3.05) is 13.1 Å². The van der Waals surface area contributed by atoms with Gasteiger partial charge in [0.25, 0.3) is 5.56 Å². The second-order valence-corrected chi connectivity index (χ2v) is 9.76. The monoisotopic (exact) mass is 543 g/mol. The highest BCUT2D eigenvalue weighted by atomic mass is 16.5. The minimum Gasteiger partial charge on any atom is -0.489 e. The van der Waals surface area contributed by atoms with E-state index in [2.05, 4.69) is 41.5 Å². The maximum atomic E-state index is 12.8. The van der Waals surface area contributed by atoms with Crippen LogP contribution in [0.15, 0.2) is 89.9 Å². The number of pyridine rings is 1. The zero-order valence-electron chi connectivity index (χ0n) is 22.6. The molecule has 0 unspecified atom stereocenters. The minimum atomic E-state index is -1.26. The number of fused-ring (bicyclic) bond motifs is 3. The Morgan fingerprint density at radius 2 is 1.65 bits per heavy atom. The van der Waals surface area contributed by atoms with Gasteiger partial charge in [0.1, 0.15) is 12.4 Å². The van der Waals surface area contributed by atoms with Gasteiger partial charge in [0, 0.05) is 78.8 Å². The van der Waals surface area contributed by atoms with Gasteiger partial charge in [-0.25, -0.2) is 9.59 Å². The van der Waals surface area contributed by atoms with Crippen molar-refractivity contribution in [1.29, 1.82) is 0 Å². The Labute approximate surface area is 232 Å². The highest BCUT2D eigenvalue weighted by molar-refractivity contribution is 5.89. The average molecular weight is 544 g/mol. The number of hydrogen-bond donors (Lipinski definition) is 2. The third-order valence-electron chi connectivity index (χ3n) is 6.75. The molecule has 9 heteroatoms. The zero-order chi connectivity index (χ0) is 28.6. The van der Waals surface area contributed by atoms with Gasteiger partial charge >= 0.3 is 11.9 Å². The minimum absolute atomic E-state index is 0.0942. The van der Waals surface area contributed by atoms with Crippen molar-refractivity contribution in [3.8, 4) is 11.4 Å². The molecule has 2 aromatic carbocycles. The molecule has 0 bridgehead atoms. The van der Waals surface area contributed by atoms with Crippen molar-refractivity contribution in [2.24, 2.45) is 0 Å². The van der Waals surface area contributed by atoms with Crippen molar-refractivity contribution in [2.45, 2.75) is 39.5 Å². The summed E-state index contributed by atoms with van der Waals surface area (Å²) >= 11 is 0. The summed E-state index contributed by atoms with van der Waals surface area (Å²) in [5.74, 6) is -1.93. The van der Waals surface area contributed by atoms with E-state index in [1.54, 1.807) is 16.8 Å². The van der Waals surface area contributed by atoms with Crippen LogP contribution in [0.3, 0.4) is 0 Å². The molecule has 5 rings (SSSR count). The molecule has 208 valence electrons. The van der Waals surface area contributed by atoms with E-state index in [9.17, 15) is 14.4 Å². The van der Waals surface area contributed by atoms with E-state index in [4.69, 9.17) is 14.9 Å². The summed E-state index contributed by atoms with van der Waals surface area (Å²) in [5, 5.41) is 16.8. The topological polar surface area (TPSA) is 114 Å². The predicted octanol–water partition coefficient (Wildman–Crippen LogP) is 4.35. The van der Waals surface area contributed by atoms with E-state index < -0.39 is 11.9 Å². The van der Waals surface area contributed by atoms with Crippen LogP contribution in [0.1, 0.15) is 25.1 Å². The highest BCUT2D eigenvalue weighted by Crippen LogP contribution is 2.25. The Balaban J connectivity index is 0.000000406. The Kier molecular flexibility index (Phi) is 9.19. The average Bonchev–Trinajstić information content (AvgIpc) is 3.13. The van der Waals surface area contributed by atoms with Crippen LogP contribution in [0.2, 0.25) is 0 Å². The number of carbonyl (C=O) groups is 2. The maximum absolute atomic E-state index is 12.8. The number of aliphatic carboxylic acids is 2. The molecule has 0 saturated heterocycles. The molecule has 9 nitrogen and oxygen atoms in total. The van der Waals surface area contributed by atoms with Gasteiger partial charge in [0.05, 0.1) is 0 Å². The van der Waals surface area contributed by atoms with Gasteiger partial charge in [0.2, 0.25) is 0 Å². The summed E-state index contributed by atoms with van der Waals surface area (Å²) in [5.41, 5.74) is 4.47. The molecule has 1 aliphatic heterocycles. The first-order chi connectivity index (χ1) is 19.2. The Morgan fingerprint density at radius 3 is 2.30 bits per heavy atom. The number of nitrogens with zero attached hydrogens (tertiary/aromatic N) is 3. The molecule has 0 amide bonds. The standard InChI is InChI=1S/C27H29N3O2.C4H4O4/c1-20(2)28-12-10-24-17-22-16-23(8-9-26(22)29(24)15-14-28)30-13-11-25(18-27(30)31)32-19-21-6-4-3-5-7-21;5-3(6)1-2-4(7)8/h3-9,11,13,16-18,20H,10,12,14-15,19H2,1-2H3;1-2H,(H,5,6)(H,7,8)/b;2-1-. The lowest BCUT2D eigenvalue weighted by molar-refractivity contribution is -0.134. The molecule has 0 fully saturated rings. The number of carboxylic acids is 2. The molecule has 1 aliphatic rings. The number of rotatable bonds is 7. The molecule has 0 radical (unpaired) electrons. The summed E-state index contributed by atoms with van der Waals surface area (Å²) < 4.78 is 9.92. The van der Waals surface area contributed by atoms with Gasteiger partial charge in [-0.1, -0.05) is 30.3 Å². The molecular formula is C31H33N3O6. The zero-order valence-corrected chi connectivity index (χ0v) is 22.6. The number of ether oxygens (including phenoxy) is 1. The van der Waals surface area contributed by atoms with E-state index in [1.807, 2.05) is 42.5 Å². The SMILES string of the molecule is CC(C)N1CCc2cc3cc(-n4ccc(OCc5ccccc5)cc4=O)ccc3n2CC1.O=C(O)/C=C\C(=O)O. The first kappa shape index (κ1) is 28.4. The predicted molar refractivity (Wildman–Crippen MR) is 153 cm³/mol. The van der Waals surface area contributed by atoms with Crippen molar-refractivity contribution < 1.29 is 24.5 Å². The molecule has 0 atom stereocenters. The van der Waals surface area contributed by atoms with Gasteiger partial charge < -0.3 is 19.5 Å². The summed E-state index contributed by atoms with van der Waals surface area (Å²) in [6, 6.07) is 22.5. The number of aromatic nitrogens is 2. The van der Waals surface area contributed by atoms with Gasteiger partial charge in [-0.3, -0.25) is 14.3 Å². The van der Waals surface area contributed by atoms with Crippen molar-refractivity contribution in [3.05, 3.63) is 107 Å². The summed E-state index contributed by atoms with van der Waals surface area (Å²) in [4.78, 5) is 34.4. The lowest BCUT2D eigenvalue weighted by Crippen LogP contribution is -2.33. The Hall–Kier alpha value is -4.63. The molecule has 3 heterocycles. The lowest BCUT2D eigenvalue weighted by Gasteiger charge is -2.23. The van der Waals surface area contributed by atoms with Crippen molar-refractivity contribution >= 4 is 22.8 Å². The number of carboxylic acid groups (broad SMARTS) is 2. The van der Waals surface area contributed by atoms with Crippen LogP contribution in [-0.4, -0.2) is 55.3 Å².